The molecule has 0 aliphatic carbocycles. The molecule has 0 radical (unpaired) electrons. The van der Waals surface area contributed by atoms with Crippen molar-refractivity contribution >= 4 is 35.0 Å². The Morgan fingerprint density at radius 1 is 1.38 bits per heavy atom. The highest BCUT2D eigenvalue weighted by Crippen LogP contribution is 2.28. The summed E-state index contributed by atoms with van der Waals surface area (Å²) >= 11 is 7.73. The molecule has 4 nitrogen and oxygen atoms in total. The number of nitrogens with zero attached hydrogens (tertiary/aromatic N) is 1. The zero-order valence-electron chi connectivity index (χ0n) is 13.8. The largest absolute Gasteiger partial charge is 0.492 e. The summed E-state index contributed by atoms with van der Waals surface area (Å²) in [4.78, 5) is 16.0. The molecule has 2 aromatic rings. The van der Waals surface area contributed by atoms with Crippen molar-refractivity contribution in [1.29, 1.82) is 0 Å². The van der Waals surface area contributed by atoms with Crippen LogP contribution in [0, 0.1) is 5.92 Å². The number of thioether (sulfide) groups is 1. The quantitative estimate of drug-likeness (QED) is 0.741. The fraction of sp³-hybridized carbons (Fsp3) is 0.333. The van der Waals surface area contributed by atoms with Gasteiger partial charge in [-0.1, -0.05) is 31.5 Å². The van der Waals surface area contributed by atoms with Crippen LogP contribution in [0.2, 0.25) is 5.02 Å². The minimum atomic E-state index is -0.0594. The van der Waals surface area contributed by atoms with Crippen molar-refractivity contribution in [2.45, 2.75) is 19.6 Å². The van der Waals surface area contributed by atoms with Gasteiger partial charge in [-0.05, 0) is 35.7 Å². The minimum Gasteiger partial charge on any atom is -0.492 e. The van der Waals surface area contributed by atoms with Gasteiger partial charge in [0.15, 0.2) is 0 Å². The van der Waals surface area contributed by atoms with E-state index in [1.807, 2.05) is 12.1 Å². The van der Waals surface area contributed by atoms with Crippen LogP contribution in [-0.2, 0) is 10.5 Å². The summed E-state index contributed by atoms with van der Waals surface area (Å²) in [5.41, 5.74) is 1.77. The molecule has 0 saturated heterocycles. The molecule has 2 rings (SSSR count). The highest BCUT2D eigenvalue weighted by molar-refractivity contribution is 7.99. The number of anilines is 1. The van der Waals surface area contributed by atoms with Crippen LogP contribution in [0.4, 0.5) is 5.69 Å². The van der Waals surface area contributed by atoms with Crippen LogP contribution in [-0.4, -0.2) is 23.3 Å². The van der Waals surface area contributed by atoms with Crippen molar-refractivity contribution in [2.24, 2.45) is 5.92 Å². The Balaban J connectivity index is 1.80. The van der Waals surface area contributed by atoms with Crippen LogP contribution < -0.4 is 10.1 Å². The number of carbonyl (C=O) groups is 1. The number of amides is 1. The topological polar surface area (TPSA) is 51.2 Å². The number of carbonyl (C=O) groups excluding carboxylic acids is 1. The lowest BCUT2D eigenvalue weighted by molar-refractivity contribution is -0.113. The average Bonchev–Trinajstić information content (AvgIpc) is 2.55. The number of nitrogens with one attached hydrogen (secondary N) is 1. The lowest BCUT2D eigenvalue weighted by Crippen LogP contribution is -2.14. The van der Waals surface area contributed by atoms with E-state index >= 15 is 0 Å². The molecule has 1 N–H and O–H groups in total. The van der Waals surface area contributed by atoms with Crippen LogP contribution in [0.5, 0.6) is 5.75 Å². The van der Waals surface area contributed by atoms with E-state index in [4.69, 9.17) is 16.3 Å². The summed E-state index contributed by atoms with van der Waals surface area (Å²) in [5, 5.41) is 3.34. The molecule has 0 bridgehead atoms. The molecule has 1 aromatic heterocycles. The smallest absolute Gasteiger partial charge is 0.234 e. The molecule has 24 heavy (non-hydrogen) atoms. The minimum absolute atomic E-state index is 0.0594. The molecule has 1 heterocycles. The molecule has 0 saturated carbocycles. The number of hydrogen-bond donors (Lipinski definition) is 1. The zero-order valence-corrected chi connectivity index (χ0v) is 15.4. The summed E-state index contributed by atoms with van der Waals surface area (Å²) < 4.78 is 5.62. The Bertz CT molecular complexity index is 665. The Kier molecular flexibility index (Phi) is 7.40. The normalized spacial score (nSPS) is 10.7. The first-order valence-electron chi connectivity index (χ1n) is 7.73. The van der Waals surface area contributed by atoms with E-state index < -0.39 is 0 Å². The van der Waals surface area contributed by atoms with Gasteiger partial charge in [0.05, 0.1) is 17.4 Å². The van der Waals surface area contributed by atoms with E-state index in [1.165, 1.54) is 0 Å². The van der Waals surface area contributed by atoms with Gasteiger partial charge >= 0.3 is 0 Å². The van der Waals surface area contributed by atoms with Gasteiger partial charge in [0.25, 0.3) is 0 Å². The Morgan fingerprint density at radius 2 is 2.21 bits per heavy atom. The second-order valence-corrected chi connectivity index (χ2v) is 7.15. The van der Waals surface area contributed by atoms with Crippen molar-refractivity contribution in [3.05, 3.63) is 53.3 Å². The first kappa shape index (κ1) is 18.6. The summed E-state index contributed by atoms with van der Waals surface area (Å²) in [5.74, 6) is 2.13. The molecule has 0 unspecified atom stereocenters. The molecule has 0 aliphatic rings. The van der Waals surface area contributed by atoms with E-state index in [2.05, 4.69) is 24.1 Å². The third-order valence-corrected chi connectivity index (χ3v) is 4.31. The molecule has 0 spiro atoms. The second kappa shape index (κ2) is 9.55. The van der Waals surface area contributed by atoms with Crippen molar-refractivity contribution < 1.29 is 9.53 Å². The SMILES string of the molecule is CC(C)COc1ccc(NC(=O)CSCc2cccnc2)cc1Cl. The lowest BCUT2D eigenvalue weighted by atomic mass is 10.2. The van der Waals surface area contributed by atoms with Gasteiger partial charge in [0, 0.05) is 23.8 Å². The standard InChI is InChI=1S/C18H21ClN2O2S/c1-13(2)10-23-17-6-5-15(8-16(17)19)21-18(22)12-24-11-14-4-3-7-20-9-14/h3-9,13H,10-12H2,1-2H3,(H,21,22). The van der Waals surface area contributed by atoms with Gasteiger partial charge in [0.1, 0.15) is 5.75 Å². The summed E-state index contributed by atoms with van der Waals surface area (Å²) in [6.45, 7) is 4.76. The predicted molar refractivity (Wildman–Crippen MR) is 101 cm³/mol. The van der Waals surface area contributed by atoms with Crippen molar-refractivity contribution in [3.63, 3.8) is 0 Å². The van der Waals surface area contributed by atoms with Crippen LogP contribution in [0.25, 0.3) is 0 Å². The van der Waals surface area contributed by atoms with Crippen LogP contribution in [0.1, 0.15) is 19.4 Å². The van der Waals surface area contributed by atoms with Gasteiger partial charge in [-0.2, -0.15) is 0 Å². The first-order valence-corrected chi connectivity index (χ1v) is 9.26. The average molecular weight is 365 g/mol. The van der Waals surface area contributed by atoms with Gasteiger partial charge in [-0.15, -0.1) is 11.8 Å². The van der Waals surface area contributed by atoms with E-state index in [9.17, 15) is 4.79 Å². The molecular weight excluding hydrogens is 344 g/mol. The fourth-order valence-corrected chi connectivity index (χ4v) is 2.90. The maximum atomic E-state index is 12.0. The molecule has 1 aromatic carbocycles. The van der Waals surface area contributed by atoms with Gasteiger partial charge in [-0.3, -0.25) is 9.78 Å². The molecular formula is C18H21ClN2O2S. The predicted octanol–water partition coefficient (Wildman–Crippen LogP) is 4.64. The van der Waals surface area contributed by atoms with Crippen molar-refractivity contribution in [3.8, 4) is 5.75 Å². The molecule has 0 atom stereocenters. The number of aromatic nitrogens is 1. The van der Waals surface area contributed by atoms with E-state index in [0.29, 0.717) is 34.7 Å². The Hall–Kier alpha value is -1.72. The molecule has 1 amide bonds. The van der Waals surface area contributed by atoms with Crippen LogP contribution in [0.3, 0.4) is 0 Å². The van der Waals surface area contributed by atoms with Crippen molar-refractivity contribution in [2.75, 3.05) is 17.7 Å². The third kappa shape index (κ3) is 6.42. The van der Waals surface area contributed by atoms with Crippen LogP contribution >= 0.6 is 23.4 Å². The van der Waals surface area contributed by atoms with E-state index in [-0.39, 0.29) is 5.91 Å². The third-order valence-electron chi connectivity index (χ3n) is 3.01. The number of halogens is 1. The highest BCUT2D eigenvalue weighted by atomic mass is 35.5. The maximum absolute atomic E-state index is 12.0. The van der Waals surface area contributed by atoms with Crippen LogP contribution in [0.15, 0.2) is 42.7 Å². The number of rotatable bonds is 8. The summed E-state index contributed by atoms with van der Waals surface area (Å²) in [7, 11) is 0. The monoisotopic (exact) mass is 364 g/mol. The number of ether oxygens (including phenoxy) is 1. The Morgan fingerprint density at radius 3 is 2.88 bits per heavy atom. The maximum Gasteiger partial charge on any atom is 0.234 e. The molecule has 128 valence electrons. The van der Waals surface area contributed by atoms with Gasteiger partial charge in [-0.25, -0.2) is 0 Å². The lowest BCUT2D eigenvalue weighted by Gasteiger charge is -2.12. The first-order chi connectivity index (χ1) is 11.5. The van der Waals surface area contributed by atoms with Gasteiger partial charge in [0.2, 0.25) is 5.91 Å². The van der Waals surface area contributed by atoms with Gasteiger partial charge < -0.3 is 10.1 Å². The molecule has 0 aliphatic heterocycles. The fourth-order valence-electron chi connectivity index (χ4n) is 1.89. The highest BCUT2D eigenvalue weighted by Gasteiger charge is 2.07. The second-order valence-electron chi connectivity index (χ2n) is 5.75. The molecule has 6 heteroatoms. The summed E-state index contributed by atoms with van der Waals surface area (Å²) in [6, 6.07) is 9.17. The summed E-state index contributed by atoms with van der Waals surface area (Å²) in [6.07, 6.45) is 3.54. The van der Waals surface area contributed by atoms with Crippen molar-refractivity contribution in [1.82, 2.24) is 4.98 Å². The number of pyridine rings is 1. The number of hydrogen-bond acceptors (Lipinski definition) is 4. The Labute approximate surface area is 152 Å². The van der Waals surface area contributed by atoms with E-state index in [0.717, 1.165) is 11.3 Å². The molecule has 0 fully saturated rings. The van der Waals surface area contributed by atoms with E-state index in [1.54, 1.807) is 42.4 Å². The number of benzene rings is 1. The zero-order chi connectivity index (χ0) is 17.4.